The summed E-state index contributed by atoms with van der Waals surface area (Å²) >= 11 is 0. The maximum atomic E-state index is 12.2. The Labute approximate surface area is 118 Å². The van der Waals surface area contributed by atoms with Crippen LogP contribution in [0.1, 0.15) is 22.4 Å². The molecule has 20 heavy (non-hydrogen) atoms. The van der Waals surface area contributed by atoms with Gasteiger partial charge in [-0.15, -0.1) is 0 Å². The van der Waals surface area contributed by atoms with Gasteiger partial charge in [0.15, 0.2) is 5.03 Å². The van der Waals surface area contributed by atoms with E-state index in [9.17, 15) is 8.42 Å². The molecule has 0 atom stereocenters. The fraction of sp³-hybridized carbons (Fsp3) is 0.308. The third-order valence-corrected chi connectivity index (χ3v) is 4.41. The van der Waals surface area contributed by atoms with Crippen LogP contribution < -0.4 is 10.5 Å². The summed E-state index contributed by atoms with van der Waals surface area (Å²) in [5.74, 6) is 0. The van der Waals surface area contributed by atoms with Gasteiger partial charge in [-0.1, -0.05) is 29.8 Å². The van der Waals surface area contributed by atoms with Crippen molar-refractivity contribution in [3.63, 3.8) is 0 Å². The summed E-state index contributed by atoms with van der Waals surface area (Å²) in [6, 6.07) is 7.65. The zero-order valence-corrected chi connectivity index (χ0v) is 12.3. The van der Waals surface area contributed by atoms with E-state index < -0.39 is 10.0 Å². The largest absolute Gasteiger partial charge is 0.326 e. The van der Waals surface area contributed by atoms with Crippen LogP contribution in [-0.4, -0.2) is 18.6 Å². The lowest BCUT2D eigenvalue weighted by atomic mass is 10.1. The van der Waals surface area contributed by atoms with Gasteiger partial charge >= 0.3 is 0 Å². The van der Waals surface area contributed by atoms with Crippen LogP contribution in [0, 0.1) is 13.8 Å². The Morgan fingerprint density at radius 1 is 1.35 bits per heavy atom. The predicted octanol–water partition coefficient (Wildman–Crippen LogP) is 0.964. The second-order valence-electron chi connectivity index (χ2n) is 4.65. The van der Waals surface area contributed by atoms with E-state index in [4.69, 9.17) is 5.73 Å². The van der Waals surface area contributed by atoms with Gasteiger partial charge in [-0.2, -0.15) is 5.10 Å². The van der Waals surface area contributed by atoms with Crippen molar-refractivity contribution in [3.8, 4) is 0 Å². The first-order valence-electron chi connectivity index (χ1n) is 6.23. The summed E-state index contributed by atoms with van der Waals surface area (Å²) in [5, 5.41) is 6.46. The minimum atomic E-state index is -3.67. The molecule has 0 unspecified atom stereocenters. The monoisotopic (exact) mass is 294 g/mol. The van der Waals surface area contributed by atoms with E-state index >= 15 is 0 Å². The lowest BCUT2D eigenvalue weighted by molar-refractivity contribution is 0.575. The summed E-state index contributed by atoms with van der Waals surface area (Å²) in [5.41, 5.74) is 8.73. The van der Waals surface area contributed by atoms with Gasteiger partial charge in [0.05, 0.1) is 0 Å². The van der Waals surface area contributed by atoms with Crippen molar-refractivity contribution < 1.29 is 8.42 Å². The summed E-state index contributed by atoms with van der Waals surface area (Å²) in [6.07, 6.45) is 0. The Hall–Kier alpha value is -1.70. The molecule has 1 heterocycles. The summed E-state index contributed by atoms with van der Waals surface area (Å²) < 4.78 is 27.0. The molecule has 0 saturated heterocycles. The lowest BCUT2D eigenvalue weighted by Gasteiger charge is -2.07. The van der Waals surface area contributed by atoms with Gasteiger partial charge in [-0.05, 0) is 19.4 Å². The van der Waals surface area contributed by atoms with Crippen molar-refractivity contribution in [1.29, 1.82) is 0 Å². The molecule has 108 valence electrons. The lowest BCUT2D eigenvalue weighted by Crippen LogP contribution is -2.25. The van der Waals surface area contributed by atoms with Crippen LogP contribution >= 0.6 is 0 Å². The highest BCUT2D eigenvalue weighted by molar-refractivity contribution is 7.89. The highest BCUT2D eigenvalue weighted by Gasteiger charge is 2.22. The van der Waals surface area contributed by atoms with Crippen molar-refractivity contribution in [2.75, 3.05) is 0 Å². The van der Waals surface area contributed by atoms with Gasteiger partial charge in [0.1, 0.15) is 0 Å². The van der Waals surface area contributed by atoms with Gasteiger partial charge in [0.2, 0.25) is 0 Å². The first-order chi connectivity index (χ1) is 9.44. The first-order valence-corrected chi connectivity index (χ1v) is 7.71. The highest BCUT2D eigenvalue weighted by Crippen LogP contribution is 2.15. The third kappa shape index (κ3) is 3.06. The van der Waals surface area contributed by atoms with Gasteiger partial charge < -0.3 is 5.73 Å². The van der Waals surface area contributed by atoms with E-state index in [2.05, 4.69) is 14.9 Å². The number of H-pyrrole nitrogens is 1. The van der Waals surface area contributed by atoms with Crippen LogP contribution in [0.3, 0.4) is 0 Å². The van der Waals surface area contributed by atoms with E-state index in [-0.39, 0.29) is 18.1 Å². The summed E-state index contributed by atoms with van der Waals surface area (Å²) in [4.78, 5) is 0. The average Bonchev–Trinajstić information content (AvgIpc) is 2.78. The molecule has 0 saturated carbocycles. The molecule has 1 aromatic heterocycles. The van der Waals surface area contributed by atoms with Crippen molar-refractivity contribution in [3.05, 3.63) is 46.6 Å². The molecule has 0 aliphatic heterocycles. The highest BCUT2D eigenvalue weighted by atomic mass is 32.2. The van der Waals surface area contributed by atoms with E-state index in [1.807, 2.05) is 31.2 Å². The standard InChI is InChI=1S/C13H18N4O2S/c1-9-4-3-5-11(6-9)8-15-20(18,19)13-12(7-14)10(2)16-17-13/h3-6,15H,7-8,14H2,1-2H3,(H,16,17). The molecular formula is C13H18N4O2S. The molecule has 2 aromatic rings. The fourth-order valence-corrected chi connectivity index (χ4v) is 3.18. The number of rotatable bonds is 5. The molecule has 0 bridgehead atoms. The first kappa shape index (κ1) is 14.7. The smallest absolute Gasteiger partial charge is 0.260 e. The van der Waals surface area contributed by atoms with E-state index in [1.165, 1.54) is 0 Å². The topological polar surface area (TPSA) is 101 Å². The summed E-state index contributed by atoms with van der Waals surface area (Å²) in [6.45, 7) is 4.05. The zero-order valence-electron chi connectivity index (χ0n) is 11.5. The van der Waals surface area contributed by atoms with Crippen LogP contribution in [-0.2, 0) is 23.1 Å². The normalized spacial score (nSPS) is 11.8. The third-order valence-electron chi connectivity index (χ3n) is 3.04. The molecule has 0 spiro atoms. The molecule has 0 aliphatic rings. The van der Waals surface area contributed by atoms with Crippen molar-refractivity contribution >= 4 is 10.0 Å². The fourth-order valence-electron chi connectivity index (χ4n) is 1.96. The number of nitrogens with two attached hydrogens (primary N) is 1. The number of benzene rings is 1. The van der Waals surface area contributed by atoms with Crippen LogP contribution in [0.5, 0.6) is 0 Å². The molecule has 7 heteroatoms. The number of hydrogen-bond donors (Lipinski definition) is 3. The maximum Gasteiger partial charge on any atom is 0.260 e. The second-order valence-corrected chi connectivity index (χ2v) is 6.33. The quantitative estimate of drug-likeness (QED) is 0.764. The number of aryl methyl sites for hydroxylation is 2. The van der Waals surface area contributed by atoms with Crippen LogP contribution in [0.4, 0.5) is 0 Å². The number of nitrogens with zero attached hydrogens (tertiary/aromatic N) is 1. The van der Waals surface area contributed by atoms with Gasteiger partial charge in [-0.25, -0.2) is 13.1 Å². The molecule has 1 aromatic carbocycles. The number of hydrogen-bond acceptors (Lipinski definition) is 4. The average molecular weight is 294 g/mol. The zero-order chi connectivity index (χ0) is 14.8. The number of sulfonamides is 1. The molecule has 6 nitrogen and oxygen atoms in total. The van der Waals surface area contributed by atoms with E-state index in [0.717, 1.165) is 11.1 Å². The van der Waals surface area contributed by atoms with E-state index in [0.29, 0.717) is 11.3 Å². The molecular weight excluding hydrogens is 276 g/mol. The molecule has 2 rings (SSSR count). The maximum absolute atomic E-state index is 12.2. The van der Waals surface area contributed by atoms with Gasteiger partial charge in [0.25, 0.3) is 10.0 Å². The second kappa shape index (κ2) is 5.74. The van der Waals surface area contributed by atoms with Gasteiger partial charge in [0, 0.05) is 24.3 Å². The Bertz CT molecular complexity index is 707. The SMILES string of the molecule is Cc1cccc(CNS(=O)(=O)c2n[nH]c(C)c2CN)c1. The number of nitrogens with one attached hydrogen (secondary N) is 2. The van der Waals surface area contributed by atoms with Crippen LogP contribution in [0.2, 0.25) is 0 Å². The van der Waals surface area contributed by atoms with Crippen molar-refractivity contribution in [2.45, 2.75) is 32.0 Å². The number of aromatic nitrogens is 2. The number of aromatic amines is 1. The van der Waals surface area contributed by atoms with Crippen LogP contribution in [0.25, 0.3) is 0 Å². The minimum absolute atomic E-state index is 0.0230. The molecule has 0 fully saturated rings. The minimum Gasteiger partial charge on any atom is -0.326 e. The molecule has 0 radical (unpaired) electrons. The molecule has 0 aliphatic carbocycles. The predicted molar refractivity (Wildman–Crippen MR) is 76.4 cm³/mol. The van der Waals surface area contributed by atoms with Crippen molar-refractivity contribution in [1.82, 2.24) is 14.9 Å². The van der Waals surface area contributed by atoms with Crippen LogP contribution in [0.15, 0.2) is 29.3 Å². The van der Waals surface area contributed by atoms with Crippen molar-refractivity contribution in [2.24, 2.45) is 5.73 Å². The van der Waals surface area contributed by atoms with E-state index in [1.54, 1.807) is 6.92 Å². The molecule has 4 N–H and O–H groups in total. The summed E-state index contributed by atoms with van der Waals surface area (Å²) in [7, 11) is -3.67. The Morgan fingerprint density at radius 2 is 2.10 bits per heavy atom. The Morgan fingerprint density at radius 3 is 2.75 bits per heavy atom. The Kier molecular flexibility index (Phi) is 4.22. The Balaban J connectivity index is 2.19. The molecule has 0 amide bonds. The van der Waals surface area contributed by atoms with Gasteiger partial charge in [-0.3, -0.25) is 5.10 Å².